The van der Waals surface area contributed by atoms with E-state index in [1.807, 2.05) is 6.92 Å². The van der Waals surface area contributed by atoms with Crippen molar-refractivity contribution in [1.29, 1.82) is 0 Å². The highest BCUT2D eigenvalue weighted by Gasteiger charge is 2.33. The summed E-state index contributed by atoms with van der Waals surface area (Å²) in [4.78, 5) is 10.1. The molecule has 0 spiro atoms. The number of benzene rings is 1. The molecule has 3 N–H and O–H groups in total. The van der Waals surface area contributed by atoms with Crippen LogP contribution in [-0.4, -0.2) is 41.7 Å². The molecule has 1 aromatic carbocycles. The molecule has 8 nitrogen and oxygen atoms in total. The number of anilines is 1. The van der Waals surface area contributed by atoms with Gasteiger partial charge >= 0.3 is 0 Å². The van der Waals surface area contributed by atoms with Gasteiger partial charge in [-0.25, -0.2) is 8.42 Å². The molecule has 1 aliphatic rings. The normalized spacial score (nSPS) is 20.2. The molecule has 0 saturated carbocycles. The summed E-state index contributed by atoms with van der Waals surface area (Å²) in [5.41, 5.74) is 2.04. The lowest BCUT2D eigenvalue weighted by Crippen LogP contribution is -2.44. The highest BCUT2D eigenvalue weighted by atomic mass is 32.2. The maximum absolute atomic E-state index is 12.7. The summed E-state index contributed by atoms with van der Waals surface area (Å²) < 4.78 is 26.8. The van der Waals surface area contributed by atoms with Gasteiger partial charge in [-0.1, -0.05) is 0 Å². The average Bonchev–Trinajstić information content (AvgIpc) is 2.46. The zero-order valence-corrected chi connectivity index (χ0v) is 13.0. The molecule has 1 aliphatic heterocycles. The molecule has 1 atom stereocenters. The molecule has 0 amide bonds. The van der Waals surface area contributed by atoms with E-state index in [4.69, 9.17) is 5.84 Å². The number of nitrogen functional groups attached to an aromatic ring is 1. The zero-order valence-electron chi connectivity index (χ0n) is 11.4. The predicted octanol–water partition coefficient (Wildman–Crippen LogP) is 1.01. The van der Waals surface area contributed by atoms with Gasteiger partial charge in [0.25, 0.3) is 5.69 Å². The van der Waals surface area contributed by atoms with Crippen molar-refractivity contribution < 1.29 is 13.3 Å². The molecule has 0 aliphatic carbocycles. The van der Waals surface area contributed by atoms with Crippen LogP contribution in [0, 0.1) is 10.1 Å². The van der Waals surface area contributed by atoms with Gasteiger partial charge in [0, 0.05) is 36.2 Å². The van der Waals surface area contributed by atoms with Crippen LogP contribution in [-0.2, 0) is 10.0 Å². The third-order valence-electron chi connectivity index (χ3n) is 3.22. The van der Waals surface area contributed by atoms with Crippen LogP contribution < -0.4 is 11.3 Å². The minimum atomic E-state index is -3.74. The minimum Gasteiger partial charge on any atom is -0.323 e. The van der Waals surface area contributed by atoms with E-state index in [2.05, 4.69) is 5.43 Å². The monoisotopic (exact) mass is 332 g/mol. The number of hydrogen-bond donors (Lipinski definition) is 2. The highest BCUT2D eigenvalue weighted by Crippen LogP contribution is 2.31. The number of hydrazine groups is 1. The Bertz CT molecular complexity index is 650. The van der Waals surface area contributed by atoms with Gasteiger partial charge in [0.05, 0.1) is 10.6 Å². The van der Waals surface area contributed by atoms with Crippen LogP contribution in [0.25, 0.3) is 0 Å². The van der Waals surface area contributed by atoms with E-state index >= 15 is 0 Å². The first-order valence-electron chi connectivity index (χ1n) is 6.22. The van der Waals surface area contributed by atoms with Crippen molar-refractivity contribution >= 4 is 33.2 Å². The van der Waals surface area contributed by atoms with Gasteiger partial charge in [0.1, 0.15) is 4.90 Å². The second-order valence-corrected chi connectivity index (χ2v) is 7.63. The van der Waals surface area contributed by atoms with Gasteiger partial charge in [-0.15, -0.1) is 0 Å². The Morgan fingerprint density at radius 2 is 2.24 bits per heavy atom. The molecule has 2 rings (SSSR count). The Labute approximate surface area is 126 Å². The van der Waals surface area contributed by atoms with E-state index in [-0.39, 0.29) is 22.3 Å². The van der Waals surface area contributed by atoms with Crippen LogP contribution in [0.4, 0.5) is 11.4 Å². The number of hydrogen-bond acceptors (Lipinski definition) is 7. The fraction of sp³-hybridized carbons (Fsp3) is 0.455. The van der Waals surface area contributed by atoms with Crippen LogP contribution in [0.1, 0.15) is 6.92 Å². The van der Waals surface area contributed by atoms with Crippen LogP contribution in [0.2, 0.25) is 0 Å². The molecule has 1 fully saturated rings. The largest absolute Gasteiger partial charge is 0.323 e. The van der Waals surface area contributed by atoms with Crippen LogP contribution in [0.15, 0.2) is 23.1 Å². The number of nitrogens with zero attached hydrogens (tertiary/aromatic N) is 2. The van der Waals surface area contributed by atoms with Crippen LogP contribution >= 0.6 is 11.8 Å². The van der Waals surface area contributed by atoms with Gasteiger partial charge in [-0.2, -0.15) is 16.1 Å². The second-order valence-electron chi connectivity index (χ2n) is 4.62. The Balaban J connectivity index is 2.46. The number of nitrogens with two attached hydrogens (primary N) is 1. The number of nitro groups is 1. The molecule has 1 unspecified atom stereocenters. The predicted molar refractivity (Wildman–Crippen MR) is 81.6 cm³/mol. The van der Waals surface area contributed by atoms with Crippen molar-refractivity contribution in [3.8, 4) is 0 Å². The fourth-order valence-corrected chi connectivity index (χ4v) is 5.16. The molecule has 116 valence electrons. The standard InChI is InChI=1S/C11H16N4O4S2/c1-8-7-20-5-4-14(8)21(18,19)11-3-2-9(15(16)17)6-10(11)13-12/h2-3,6,8,13H,4-5,7,12H2,1H3. The van der Waals surface area contributed by atoms with Crippen molar-refractivity contribution in [1.82, 2.24) is 4.31 Å². The first-order chi connectivity index (χ1) is 9.87. The molecule has 1 aromatic rings. The maximum Gasteiger partial charge on any atom is 0.271 e. The van der Waals surface area contributed by atoms with Crippen LogP contribution in [0.5, 0.6) is 0 Å². The van der Waals surface area contributed by atoms with Gasteiger partial charge < -0.3 is 5.43 Å². The van der Waals surface area contributed by atoms with Gasteiger partial charge in [-0.05, 0) is 13.0 Å². The topological polar surface area (TPSA) is 119 Å². The number of rotatable bonds is 4. The van der Waals surface area contributed by atoms with Crippen molar-refractivity contribution in [3.63, 3.8) is 0 Å². The number of nitrogens with one attached hydrogen (secondary N) is 1. The summed E-state index contributed by atoms with van der Waals surface area (Å²) in [6.07, 6.45) is 0. The smallest absolute Gasteiger partial charge is 0.271 e. The summed E-state index contributed by atoms with van der Waals surface area (Å²) in [5, 5.41) is 10.8. The Hall–Kier alpha value is -1.36. The average molecular weight is 332 g/mol. The number of non-ortho nitro benzene ring substituents is 1. The Kier molecular flexibility index (Phi) is 4.71. The van der Waals surface area contributed by atoms with E-state index in [1.165, 1.54) is 10.4 Å². The lowest BCUT2D eigenvalue weighted by molar-refractivity contribution is -0.384. The van der Waals surface area contributed by atoms with Crippen molar-refractivity contribution in [2.45, 2.75) is 17.9 Å². The Morgan fingerprint density at radius 1 is 1.52 bits per heavy atom. The van der Waals surface area contributed by atoms with Crippen molar-refractivity contribution in [2.24, 2.45) is 5.84 Å². The van der Waals surface area contributed by atoms with E-state index in [0.29, 0.717) is 6.54 Å². The van der Waals surface area contributed by atoms with E-state index in [1.54, 1.807) is 11.8 Å². The third-order valence-corrected chi connectivity index (χ3v) is 6.48. The van der Waals surface area contributed by atoms with Gasteiger partial charge in [0.2, 0.25) is 10.0 Å². The summed E-state index contributed by atoms with van der Waals surface area (Å²) >= 11 is 1.70. The second kappa shape index (κ2) is 6.18. The summed E-state index contributed by atoms with van der Waals surface area (Å²) in [6.45, 7) is 2.25. The number of sulfonamides is 1. The molecule has 1 saturated heterocycles. The van der Waals surface area contributed by atoms with Crippen molar-refractivity contribution in [3.05, 3.63) is 28.3 Å². The molecule has 21 heavy (non-hydrogen) atoms. The van der Waals surface area contributed by atoms with E-state index in [9.17, 15) is 18.5 Å². The first-order valence-corrected chi connectivity index (χ1v) is 8.82. The molecule has 1 heterocycles. The summed E-state index contributed by atoms with van der Waals surface area (Å²) in [6, 6.07) is 3.37. The van der Waals surface area contributed by atoms with Crippen molar-refractivity contribution in [2.75, 3.05) is 23.5 Å². The zero-order chi connectivity index (χ0) is 15.6. The molecular weight excluding hydrogens is 316 g/mol. The Morgan fingerprint density at radius 3 is 2.81 bits per heavy atom. The molecule has 10 heteroatoms. The highest BCUT2D eigenvalue weighted by molar-refractivity contribution is 7.99. The third kappa shape index (κ3) is 3.12. The van der Waals surface area contributed by atoms with E-state index in [0.717, 1.165) is 23.6 Å². The first kappa shape index (κ1) is 16.0. The minimum absolute atomic E-state index is 0.0228. The maximum atomic E-state index is 12.7. The van der Waals surface area contributed by atoms with Gasteiger partial charge in [-0.3, -0.25) is 16.0 Å². The molecule has 0 aromatic heterocycles. The quantitative estimate of drug-likeness (QED) is 0.480. The summed E-state index contributed by atoms with van der Waals surface area (Å²) in [5.74, 6) is 6.76. The molecular formula is C11H16N4O4S2. The summed E-state index contributed by atoms with van der Waals surface area (Å²) in [7, 11) is -3.74. The van der Waals surface area contributed by atoms with Gasteiger partial charge in [0.15, 0.2) is 0 Å². The fourth-order valence-electron chi connectivity index (χ4n) is 2.16. The number of nitro benzene ring substituents is 1. The molecule has 0 bridgehead atoms. The SMILES string of the molecule is CC1CSCCN1S(=O)(=O)c1ccc([N+](=O)[O-])cc1NN. The molecule has 0 radical (unpaired) electrons. The number of thioether (sulfide) groups is 1. The van der Waals surface area contributed by atoms with E-state index < -0.39 is 14.9 Å². The lowest BCUT2D eigenvalue weighted by Gasteiger charge is -2.32. The van der Waals surface area contributed by atoms with Crippen LogP contribution in [0.3, 0.4) is 0 Å². The lowest BCUT2D eigenvalue weighted by atomic mass is 10.3.